The normalized spacial score (nSPS) is 16.5. The number of aliphatic hydroxyl groups excluding tert-OH is 3. The van der Waals surface area contributed by atoms with Gasteiger partial charge in [-0.05, 0) is 13.2 Å². The van der Waals surface area contributed by atoms with Gasteiger partial charge < -0.3 is 20.1 Å². The molecule has 0 heterocycles. The fourth-order valence-corrected chi connectivity index (χ4v) is 1.36. The molecule has 0 bridgehead atoms. The molecule has 0 saturated heterocycles. The summed E-state index contributed by atoms with van der Waals surface area (Å²) in [6, 6.07) is 0. The minimum absolute atomic E-state index is 0.236. The van der Waals surface area contributed by atoms with Crippen LogP contribution < -0.4 is 0 Å². The SMILES string of the molecule is CS[C@H](OC(CO)CO)[C@H](C)O. The predicted octanol–water partition coefficient (Wildman–Crippen LogP) is -0.574. The van der Waals surface area contributed by atoms with E-state index in [4.69, 9.17) is 20.1 Å². The maximum absolute atomic E-state index is 9.14. The zero-order valence-electron chi connectivity index (χ0n) is 7.30. The summed E-state index contributed by atoms with van der Waals surface area (Å²) in [6.07, 6.45) is 0.584. The average Bonchev–Trinajstić information content (AvgIpc) is 2.06. The fourth-order valence-electron chi connectivity index (χ4n) is 0.700. The molecule has 0 radical (unpaired) electrons. The quantitative estimate of drug-likeness (QED) is 0.496. The smallest absolute Gasteiger partial charge is 0.129 e. The van der Waals surface area contributed by atoms with E-state index in [0.29, 0.717) is 0 Å². The number of thioether (sulfide) groups is 1. The van der Waals surface area contributed by atoms with Gasteiger partial charge in [0.25, 0.3) is 0 Å². The highest BCUT2D eigenvalue weighted by Gasteiger charge is 2.18. The van der Waals surface area contributed by atoms with Crippen molar-refractivity contribution in [1.82, 2.24) is 0 Å². The molecule has 0 aliphatic rings. The molecule has 2 atom stereocenters. The molecule has 0 rings (SSSR count). The van der Waals surface area contributed by atoms with Crippen molar-refractivity contribution >= 4 is 11.8 Å². The van der Waals surface area contributed by atoms with Crippen molar-refractivity contribution in [2.24, 2.45) is 0 Å². The summed E-state index contributed by atoms with van der Waals surface area (Å²) in [7, 11) is 0. The van der Waals surface area contributed by atoms with Crippen LogP contribution in [0.1, 0.15) is 6.92 Å². The van der Waals surface area contributed by atoms with E-state index in [1.54, 1.807) is 13.2 Å². The minimum Gasteiger partial charge on any atom is -0.394 e. The van der Waals surface area contributed by atoms with Crippen molar-refractivity contribution in [3.8, 4) is 0 Å². The molecule has 0 aromatic rings. The molecular formula is C7H16O4S. The van der Waals surface area contributed by atoms with E-state index in [1.807, 2.05) is 0 Å². The van der Waals surface area contributed by atoms with Crippen molar-refractivity contribution < 1.29 is 20.1 Å². The highest BCUT2D eigenvalue weighted by Crippen LogP contribution is 2.14. The Kier molecular flexibility index (Phi) is 6.78. The zero-order valence-corrected chi connectivity index (χ0v) is 8.12. The number of ether oxygens (including phenoxy) is 1. The van der Waals surface area contributed by atoms with E-state index in [9.17, 15) is 0 Å². The van der Waals surface area contributed by atoms with E-state index < -0.39 is 17.6 Å². The molecule has 4 nitrogen and oxygen atoms in total. The van der Waals surface area contributed by atoms with Gasteiger partial charge in [0.2, 0.25) is 0 Å². The summed E-state index contributed by atoms with van der Waals surface area (Å²) in [6.45, 7) is 1.13. The first-order valence-corrected chi connectivity index (χ1v) is 5.02. The lowest BCUT2D eigenvalue weighted by molar-refractivity contribution is -0.0647. The third kappa shape index (κ3) is 4.27. The molecular weight excluding hydrogens is 180 g/mol. The highest BCUT2D eigenvalue weighted by molar-refractivity contribution is 7.99. The van der Waals surface area contributed by atoms with Crippen molar-refractivity contribution in [2.45, 2.75) is 24.6 Å². The molecule has 0 fully saturated rings. The van der Waals surface area contributed by atoms with Crippen molar-refractivity contribution in [3.05, 3.63) is 0 Å². The molecule has 3 N–H and O–H groups in total. The van der Waals surface area contributed by atoms with E-state index >= 15 is 0 Å². The van der Waals surface area contributed by atoms with Crippen LogP contribution in [-0.2, 0) is 4.74 Å². The second kappa shape index (κ2) is 6.68. The summed E-state index contributed by atoms with van der Waals surface area (Å²) in [5.74, 6) is 0. The van der Waals surface area contributed by atoms with Gasteiger partial charge in [0.15, 0.2) is 0 Å². The van der Waals surface area contributed by atoms with Gasteiger partial charge in [0.1, 0.15) is 11.5 Å². The number of aliphatic hydroxyl groups is 3. The van der Waals surface area contributed by atoms with Gasteiger partial charge in [0, 0.05) is 0 Å². The topological polar surface area (TPSA) is 69.9 Å². The Balaban J connectivity index is 3.82. The van der Waals surface area contributed by atoms with Gasteiger partial charge >= 0.3 is 0 Å². The van der Waals surface area contributed by atoms with Crippen LogP contribution in [0.15, 0.2) is 0 Å². The van der Waals surface area contributed by atoms with Crippen LogP contribution in [0.2, 0.25) is 0 Å². The van der Waals surface area contributed by atoms with Crippen LogP contribution in [0.25, 0.3) is 0 Å². The maximum Gasteiger partial charge on any atom is 0.129 e. The number of rotatable bonds is 6. The minimum atomic E-state index is -0.611. The van der Waals surface area contributed by atoms with Gasteiger partial charge in [-0.15, -0.1) is 11.8 Å². The molecule has 0 amide bonds. The summed E-state index contributed by atoms with van der Waals surface area (Å²) < 4.78 is 5.17. The predicted molar refractivity (Wildman–Crippen MR) is 48.0 cm³/mol. The Hall–Kier alpha value is 0.190. The van der Waals surface area contributed by atoms with Crippen LogP contribution in [0.5, 0.6) is 0 Å². The standard InChI is InChI=1S/C7H16O4S/c1-5(10)7(12-2)11-6(3-8)4-9/h5-10H,3-4H2,1-2H3/t5-,7-/m0/s1. The zero-order chi connectivity index (χ0) is 9.56. The molecule has 0 aromatic carbocycles. The van der Waals surface area contributed by atoms with E-state index in [1.165, 1.54) is 11.8 Å². The Morgan fingerprint density at radius 1 is 1.33 bits per heavy atom. The molecule has 12 heavy (non-hydrogen) atoms. The highest BCUT2D eigenvalue weighted by atomic mass is 32.2. The Morgan fingerprint density at radius 3 is 2.08 bits per heavy atom. The number of hydrogen-bond donors (Lipinski definition) is 3. The third-order valence-corrected chi connectivity index (χ3v) is 2.33. The lowest BCUT2D eigenvalue weighted by atomic mass is 10.4. The van der Waals surface area contributed by atoms with Crippen LogP contribution in [0.3, 0.4) is 0 Å². The molecule has 0 unspecified atom stereocenters. The van der Waals surface area contributed by atoms with Crippen LogP contribution in [0.4, 0.5) is 0 Å². The first-order valence-electron chi connectivity index (χ1n) is 3.73. The lowest BCUT2D eigenvalue weighted by Crippen LogP contribution is -2.32. The monoisotopic (exact) mass is 196 g/mol. The maximum atomic E-state index is 9.14. The van der Waals surface area contributed by atoms with Crippen molar-refractivity contribution in [2.75, 3.05) is 19.5 Å². The summed E-state index contributed by atoms with van der Waals surface area (Å²) in [5.41, 5.74) is -0.394. The Bertz CT molecular complexity index is 106. The molecule has 0 saturated carbocycles. The Morgan fingerprint density at radius 2 is 1.83 bits per heavy atom. The largest absolute Gasteiger partial charge is 0.394 e. The van der Waals surface area contributed by atoms with Crippen LogP contribution in [-0.4, -0.2) is 52.4 Å². The van der Waals surface area contributed by atoms with Gasteiger partial charge in [-0.3, -0.25) is 0 Å². The van der Waals surface area contributed by atoms with Crippen molar-refractivity contribution in [3.63, 3.8) is 0 Å². The van der Waals surface area contributed by atoms with Crippen LogP contribution in [0, 0.1) is 0 Å². The Labute approximate surface area is 76.5 Å². The van der Waals surface area contributed by atoms with Gasteiger partial charge in [-0.25, -0.2) is 0 Å². The molecule has 0 aliphatic carbocycles. The summed E-state index contributed by atoms with van der Waals surface area (Å²) in [5, 5.41) is 26.5. The molecule has 0 spiro atoms. The van der Waals surface area contributed by atoms with E-state index in [0.717, 1.165) is 0 Å². The number of hydrogen-bond acceptors (Lipinski definition) is 5. The molecule has 74 valence electrons. The first-order chi connectivity index (χ1) is 5.65. The second-order valence-electron chi connectivity index (χ2n) is 2.47. The lowest BCUT2D eigenvalue weighted by Gasteiger charge is -2.22. The molecule has 5 heteroatoms. The second-order valence-corrected chi connectivity index (χ2v) is 3.40. The fraction of sp³-hybridized carbons (Fsp3) is 1.00. The van der Waals surface area contributed by atoms with E-state index in [2.05, 4.69) is 0 Å². The van der Waals surface area contributed by atoms with Gasteiger partial charge in [-0.2, -0.15) is 0 Å². The van der Waals surface area contributed by atoms with E-state index in [-0.39, 0.29) is 13.2 Å². The molecule has 0 aromatic heterocycles. The van der Waals surface area contributed by atoms with Crippen LogP contribution >= 0.6 is 11.8 Å². The van der Waals surface area contributed by atoms with Crippen molar-refractivity contribution in [1.29, 1.82) is 0 Å². The molecule has 0 aliphatic heterocycles. The first kappa shape index (κ1) is 12.2. The third-order valence-electron chi connectivity index (χ3n) is 1.36. The average molecular weight is 196 g/mol. The van der Waals surface area contributed by atoms with Gasteiger partial charge in [0.05, 0.1) is 19.3 Å². The summed E-state index contributed by atoms with van der Waals surface area (Å²) in [4.78, 5) is 0. The summed E-state index contributed by atoms with van der Waals surface area (Å²) >= 11 is 1.34. The van der Waals surface area contributed by atoms with Gasteiger partial charge in [-0.1, -0.05) is 0 Å².